The smallest absolute Gasteiger partial charge is 0.275 e. The zero-order valence-corrected chi connectivity index (χ0v) is 14.5. The SMILES string of the molecule is CONC(=O)c1ccccc1Sc1ncnc2sc(C)c(C)c12. The van der Waals surface area contributed by atoms with Gasteiger partial charge in [-0.05, 0) is 31.5 Å². The van der Waals surface area contributed by atoms with E-state index in [1.54, 1.807) is 23.7 Å². The number of nitrogens with one attached hydrogen (secondary N) is 1. The molecule has 0 radical (unpaired) electrons. The predicted octanol–water partition coefficient (Wildman–Crippen LogP) is 3.75. The maximum Gasteiger partial charge on any atom is 0.275 e. The highest BCUT2D eigenvalue weighted by molar-refractivity contribution is 7.99. The van der Waals surface area contributed by atoms with Crippen LogP contribution in [-0.4, -0.2) is 23.0 Å². The van der Waals surface area contributed by atoms with Crippen LogP contribution in [0.3, 0.4) is 0 Å². The van der Waals surface area contributed by atoms with Crippen molar-refractivity contribution in [2.24, 2.45) is 0 Å². The van der Waals surface area contributed by atoms with Crippen molar-refractivity contribution < 1.29 is 9.63 Å². The summed E-state index contributed by atoms with van der Waals surface area (Å²) >= 11 is 3.12. The predicted molar refractivity (Wildman–Crippen MR) is 91.9 cm³/mol. The molecule has 0 unspecified atom stereocenters. The van der Waals surface area contributed by atoms with Crippen LogP contribution in [0.2, 0.25) is 0 Å². The third-order valence-corrected chi connectivity index (χ3v) is 5.66. The van der Waals surface area contributed by atoms with Gasteiger partial charge in [0.2, 0.25) is 0 Å². The van der Waals surface area contributed by atoms with E-state index in [-0.39, 0.29) is 5.91 Å². The van der Waals surface area contributed by atoms with Crippen molar-refractivity contribution in [2.45, 2.75) is 23.8 Å². The number of amides is 1. The largest absolute Gasteiger partial charge is 0.277 e. The van der Waals surface area contributed by atoms with Crippen LogP contribution in [0, 0.1) is 13.8 Å². The Labute approximate surface area is 142 Å². The first kappa shape index (κ1) is 15.9. The number of hydrogen-bond acceptors (Lipinski definition) is 6. The molecule has 0 aliphatic carbocycles. The standard InChI is InChI=1S/C16H15N3O2S2/c1-9-10(2)22-15-13(9)16(18-8-17-15)23-12-7-5-4-6-11(12)14(20)19-21-3/h4-8H,1-3H3,(H,19,20). The van der Waals surface area contributed by atoms with Crippen LogP contribution in [0.25, 0.3) is 10.2 Å². The van der Waals surface area contributed by atoms with Gasteiger partial charge in [-0.3, -0.25) is 9.63 Å². The number of thiophene rings is 1. The molecular formula is C16H15N3O2S2. The van der Waals surface area contributed by atoms with Crippen LogP contribution in [-0.2, 0) is 4.84 Å². The fourth-order valence-corrected chi connectivity index (χ4v) is 4.36. The van der Waals surface area contributed by atoms with E-state index >= 15 is 0 Å². The molecule has 0 saturated carbocycles. The maximum atomic E-state index is 12.1. The van der Waals surface area contributed by atoms with E-state index in [0.29, 0.717) is 5.56 Å². The molecule has 5 nitrogen and oxygen atoms in total. The molecule has 0 bridgehead atoms. The summed E-state index contributed by atoms with van der Waals surface area (Å²) in [5.41, 5.74) is 4.10. The number of fused-ring (bicyclic) bond motifs is 1. The summed E-state index contributed by atoms with van der Waals surface area (Å²) < 4.78 is 0. The second-order valence-corrected chi connectivity index (χ2v) is 7.11. The second-order valence-electron chi connectivity index (χ2n) is 4.88. The summed E-state index contributed by atoms with van der Waals surface area (Å²) in [6.45, 7) is 4.15. The van der Waals surface area contributed by atoms with Crippen molar-refractivity contribution in [1.29, 1.82) is 0 Å². The zero-order chi connectivity index (χ0) is 16.4. The molecule has 0 aliphatic rings. The van der Waals surface area contributed by atoms with E-state index in [0.717, 1.165) is 20.1 Å². The number of carbonyl (C=O) groups is 1. The fourth-order valence-electron chi connectivity index (χ4n) is 2.22. The number of aromatic nitrogens is 2. The molecule has 0 saturated heterocycles. The molecular weight excluding hydrogens is 330 g/mol. The van der Waals surface area contributed by atoms with E-state index < -0.39 is 0 Å². The molecule has 2 aromatic heterocycles. The van der Waals surface area contributed by atoms with Crippen molar-refractivity contribution in [2.75, 3.05) is 7.11 Å². The van der Waals surface area contributed by atoms with E-state index in [4.69, 9.17) is 4.84 Å². The summed E-state index contributed by atoms with van der Waals surface area (Å²) in [5, 5.41) is 1.91. The molecule has 2 heterocycles. The Morgan fingerprint density at radius 1 is 1.26 bits per heavy atom. The van der Waals surface area contributed by atoms with Gasteiger partial charge < -0.3 is 0 Å². The van der Waals surface area contributed by atoms with Gasteiger partial charge in [0.25, 0.3) is 5.91 Å². The second kappa shape index (κ2) is 6.66. The lowest BCUT2D eigenvalue weighted by Crippen LogP contribution is -2.22. The minimum absolute atomic E-state index is 0.279. The molecule has 7 heteroatoms. The number of aryl methyl sites for hydroxylation is 2. The van der Waals surface area contributed by atoms with Gasteiger partial charge >= 0.3 is 0 Å². The zero-order valence-electron chi connectivity index (χ0n) is 12.9. The molecule has 118 valence electrons. The summed E-state index contributed by atoms with van der Waals surface area (Å²) in [6.07, 6.45) is 1.57. The minimum atomic E-state index is -0.279. The molecule has 1 N–H and O–H groups in total. The molecule has 1 amide bonds. The number of carbonyl (C=O) groups excluding carboxylic acids is 1. The maximum absolute atomic E-state index is 12.1. The molecule has 0 aliphatic heterocycles. The van der Waals surface area contributed by atoms with Crippen LogP contribution < -0.4 is 5.48 Å². The first-order valence-electron chi connectivity index (χ1n) is 6.92. The van der Waals surface area contributed by atoms with Gasteiger partial charge in [-0.2, -0.15) is 0 Å². The van der Waals surface area contributed by atoms with Gasteiger partial charge in [0.1, 0.15) is 16.2 Å². The molecule has 0 atom stereocenters. The van der Waals surface area contributed by atoms with Gasteiger partial charge in [0.15, 0.2) is 0 Å². The lowest BCUT2D eigenvalue weighted by Gasteiger charge is -2.09. The van der Waals surface area contributed by atoms with Gasteiger partial charge in [-0.1, -0.05) is 23.9 Å². The number of nitrogens with zero attached hydrogens (tertiary/aromatic N) is 2. The average Bonchev–Trinajstić information content (AvgIpc) is 2.84. The molecule has 3 aromatic rings. The minimum Gasteiger partial charge on any atom is -0.277 e. The quantitative estimate of drug-likeness (QED) is 0.576. The number of hydrogen-bond donors (Lipinski definition) is 1. The van der Waals surface area contributed by atoms with Crippen LogP contribution in [0.4, 0.5) is 0 Å². The summed E-state index contributed by atoms with van der Waals surface area (Å²) in [5.74, 6) is -0.279. The summed E-state index contributed by atoms with van der Waals surface area (Å²) in [6, 6.07) is 7.39. The Balaban J connectivity index is 2.05. The van der Waals surface area contributed by atoms with Gasteiger partial charge in [-0.15, -0.1) is 11.3 Å². The highest BCUT2D eigenvalue weighted by atomic mass is 32.2. The van der Waals surface area contributed by atoms with Crippen LogP contribution >= 0.6 is 23.1 Å². The van der Waals surface area contributed by atoms with Gasteiger partial charge in [0, 0.05) is 15.2 Å². The van der Waals surface area contributed by atoms with Crippen molar-refractivity contribution in [3.05, 3.63) is 46.6 Å². The van der Waals surface area contributed by atoms with E-state index in [1.807, 2.05) is 18.2 Å². The molecule has 3 rings (SSSR count). The van der Waals surface area contributed by atoms with Gasteiger partial charge in [-0.25, -0.2) is 15.4 Å². The van der Waals surface area contributed by atoms with E-state index in [9.17, 15) is 4.79 Å². The Kier molecular flexibility index (Phi) is 4.61. The highest BCUT2D eigenvalue weighted by Crippen LogP contribution is 2.38. The highest BCUT2D eigenvalue weighted by Gasteiger charge is 2.16. The lowest BCUT2D eigenvalue weighted by atomic mass is 10.2. The number of hydroxylamine groups is 1. The molecule has 23 heavy (non-hydrogen) atoms. The summed E-state index contributed by atoms with van der Waals surface area (Å²) in [7, 11) is 1.42. The summed E-state index contributed by atoms with van der Waals surface area (Å²) in [4.78, 5) is 28.6. The van der Waals surface area contributed by atoms with Crippen molar-refractivity contribution in [3.8, 4) is 0 Å². The van der Waals surface area contributed by atoms with E-state index in [2.05, 4.69) is 29.3 Å². The van der Waals surface area contributed by atoms with Gasteiger partial charge in [0.05, 0.1) is 12.7 Å². The van der Waals surface area contributed by atoms with Crippen molar-refractivity contribution in [1.82, 2.24) is 15.4 Å². The Morgan fingerprint density at radius 3 is 2.83 bits per heavy atom. The fraction of sp³-hybridized carbons (Fsp3) is 0.188. The molecule has 1 aromatic carbocycles. The van der Waals surface area contributed by atoms with Crippen molar-refractivity contribution in [3.63, 3.8) is 0 Å². The Morgan fingerprint density at radius 2 is 2.04 bits per heavy atom. The lowest BCUT2D eigenvalue weighted by molar-refractivity contribution is 0.0534. The topological polar surface area (TPSA) is 64.1 Å². The molecule has 0 spiro atoms. The number of rotatable bonds is 4. The van der Waals surface area contributed by atoms with Crippen LogP contribution in [0.15, 0.2) is 40.5 Å². The first-order chi connectivity index (χ1) is 11.1. The average molecular weight is 345 g/mol. The van der Waals surface area contributed by atoms with E-state index in [1.165, 1.54) is 29.3 Å². The monoisotopic (exact) mass is 345 g/mol. The number of benzene rings is 1. The third kappa shape index (κ3) is 3.08. The first-order valence-corrected chi connectivity index (χ1v) is 8.56. The third-order valence-electron chi connectivity index (χ3n) is 3.46. The molecule has 0 fully saturated rings. The van der Waals surface area contributed by atoms with Crippen molar-refractivity contribution >= 4 is 39.2 Å². The Hall–Kier alpha value is -1.96. The van der Waals surface area contributed by atoms with Crippen LogP contribution in [0.5, 0.6) is 0 Å². The Bertz CT molecular complexity index is 877. The normalized spacial score (nSPS) is 10.9. The van der Waals surface area contributed by atoms with Crippen LogP contribution in [0.1, 0.15) is 20.8 Å².